The molecule has 0 unspecified atom stereocenters. The van der Waals surface area contributed by atoms with Gasteiger partial charge in [-0.2, -0.15) is 5.10 Å². The minimum Gasteiger partial charge on any atom is -0.480 e. The van der Waals surface area contributed by atoms with Crippen molar-refractivity contribution in [2.75, 3.05) is 18.2 Å². The molecule has 7 heteroatoms. The van der Waals surface area contributed by atoms with Gasteiger partial charge in [0.1, 0.15) is 5.56 Å². The number of carbonyl (C=O) groups excluding carboxylic acids is 1. The highest BCUT2D eigenvalue weighted by Gasteiger charge is 2.15. The van der Waals surface area contributed by atoms with Crippen LogP contribution in [0.5, 0.6) is 5.88 Å². The van der Waals surface area contributed by atoms with Crippen molar-refractivity contribution < 1.29 is 9.53 Å². The Bertz CT molecular complexity index is 559. The molecule has 0 saturated carbocycles. The van der Waals surface area contributed by atoms with Gasteiger partial charge in [0.2, 0.25) is 5.88 Å². The molecule has 0 bridgehead atoms. The first-order chi connectivity index (χ1) is 8.63. The molecule has 2 heterocycles. The molecule has 0 atom stereocenters. The fourth-order valence-electron chi connectivity index (χ4n) is 1.51. The summed E-state index contributed by atoms with van der Waals surface area (Å²) in [6.45, 7) is 0. The van der Waals surface area contributed by atoms with Crippen molar-refractivity contribution in [3.8, 4) is 5.88 Å². The maximum Gasteiger partial charge on any atom is 0.262 e. The van der Waals surface area contributed by atoms with E-state index in [-0.39, 0.29) is 11.8 Å². The largest absolute Gasteiger partial charge is 0.480 e. The van der Waals surface area contributed by atoms with Crippen molar-refractivity contribution in [2.24, 2.45) is 7.05 Å². The highest BCUT2D eigenvalue weighted by Crippen LogP contribution is 2.19. The number of aryl methyl sites for hydroxylation is 1. The quantitative estimate of drug-likeness (QED) is 0.830. The highest BCUT2D eigenvalue weighted by atomic mass is 16.5. The predicted octanol–water partition coefficient (Wildman–Crippen LogP) is 0.658. The van der Waals surface area contributed by atoms with Gasteiger partial charge < -0.3 is 15.8 Å². The summed E-state index contributed by atoms with van der Waals surface area (Å²) in [5.74, 6) is 0.344. The van der Waals surface area contributed by atoms with Crippen molar-refractivity contribution in [3.63, 3.8) is 0 Å². The number of ether oxygens (including phenoxy) is 1. The number of methoxy groups -OCH3 is 1. The maximum absolute atomic E-state index is 12.1. The van der Waals surface area contributed by atoms with Crippen molar-refractivity contribution in [1.82, 2.24) is 14.8 Å². The summed E-state index contributed by atoms with van der Waals surface area (Å²) in [6.07, 6.45) is 3.02. The lowest BCUT2D eigenvalue weighted by molar-refractivity contribution is 0.102. The van der Waals surface area contributed by atoms with E-state index in [0.717, 1.165) is 0 Å². The van der Waals surface area contributed by atoms with E-state index in [2.05, 4.69) is 15.4 Å². The smallest absolute Gasteiger partial charge is 0.262 e. The Hall–Kier alpha value is -2.57. The average molecular weight is 247 g/mol. The number of carbonyl (C=O) groups is 1. The predicted molar refractivity (Wildman–Crippen MR) is 66.4 cm³/mol. The first-order valence-corrected chi connectivity index (χ1v) is 5.21. The third-order valence-electron chi connectivity index (χ3n) is 2.41. The number of aromatic nitrogens is 3. The Balaban J connectivity index is 2.28. The van der Waals surface area contributed by atoms with E-state index in [1.165, 1.54) is 18.0 Å². The van der Waals surface area contributed by atoms with E-state index >= 15 is 0 Å². The van der Waals surface area contributed by atoms with Gasteiger partial charge >= 0.3 is 0 Å². The van der Waals surface area contributed by atoms with Crippen LogP contribution in [-0.4, -0.2) is 27.8 Å². The zero-order valence-corrected chi connectivity index (χ0v) is 10.0. The molecular formula is C11H13N5O2. The van der Waals surface area contributed by atoms with Gasteiger partial charge in [0, 0.05) is 13.2 Å². The summed E-state index contributed by atoms with van der Waals surface area (Å²) in [5, 5.41) is 6.60. The summed E-state index contributed by atoms with van der Waals surface area (Å²) in [6, 6.07) is 3.28. The van der Waals surface area contributed by atoms with Crippen molar-refractivity contribution in [3.05, 3.63) is 30.1 Å². The minimum absolute atomic E-state index is 0.260. The molecule has 0 aliphatic carbocycles. The molecule has 0 spiro atoms. The molecule has 2 rings (SSSR count). The molecule has 0 fully saturated rings. The summed E-state index contributed by atoms with van der Waals surface area (Å²) >= 11 is 0. The van der Waals surface area contributed by atoms with E-state index < -0.39 is 0 Å². The van der Waals surface area contributed by atoms with E-state index in [4.69, 9.17) is 10.5 Å². The zero-order chi connectivity index (χ0) is 13.1. The summed E-state index contributed by atoms with van der Waals surface area (Å²) in [7, 11) is 3.14. The number of amides is 1. The SMILES string of the molecule is COc1ncccc1C(=O)Nc1c(N)cnn1C. The third kappa shape index (κ3) is 2.10. The second-order valence-electron chi connectivity index (χ2n) is 3.59. The van der Waals surface area contributed by atoms with Gasteiger partial charge in [-0.3, -0.25) is 9.48 Å². The molecule has 3 N–H and O–H groups in total. The van der Waals surface area contributed by atoms with E-state index in [1.54, 1.807) is 25.4 Å². The number of anilines is 2. The van der Waals surface area contributed by atoms with E-state index in [9.17, 15) is 4.79 Å². The molecule has 0 radical (unpaired) electrons. The lowest BCUT2D eigenvalue weighted by atomic mass is 10.2. The molecule has 0 aliphatic rings. The molecule has 1 amide bonds. The van der Waals surface area contributed by atoms with Gasteiger partial charge in [-0.15, -0.1) is 0 Å². The van der Waals surface area contributed by atoms with Crippen LogP contribution in [0.2, 0.25) is 0 Å². The fraction of sp³-hybridized carbons (Fsp3) is 0.182. The fourth-order valence-corrected chi connectivity index (χ4v) is 1.51. The number of nitrogens with one attached hydrogen (secondary N) is 1. The molecule has 0 aliphatic heterocycles. The molecule has 18 heavy (non-hydrogen) atoms. The average Bonchev–Trinajstić information content (AvgIpc) is 2.70. The van der Waals surface area contributed by atoms with Gasteiger partial charge in [-0.05, 0) is 12.1 Å². The number of nitrogens with two attached hydrogens (primary N) is 1. The van der Waals surface area contributed by atoms with Crippen LogP contribution in [0.1, 0.15) is 10.4 Å². The molecule has 0 saturated heterocycles. The van der Waals surface area contributed by atoms with Crippen molar-refractivity contribution >= 4 is 17.4 Å². The number of pyridine rings is 1. The lowest BCUT2D eigenvalue weighted by Gasteiger charge is -2.08. The van der Waals surface area contributed by atoms with Crippen molar-refractivity contribution in [2.45, 2.75) is 0 Å². The molecule has 7 nitrogen and oxygen atoms in total. The normalized spacial score (nSPS) is 10.1. The van der Waals surface area contributed by atoms with Gasteiger partial charge in [0.15, 0.2) is 5.82 Å². The first kappa shape index (κ1) is 11.9. The van der Waals surface area contributed by atoms with Crippen LogP contribution in [0.3, 0.4) is 0 Å². The van der Waals surface area contributed by atoms with Crippen LogP contribution in [0.15, 0.2) is 24.5 Å². The van der Waals surface area contributed by atoms with E-state index in [0.29, 0.717) is 17.1 Å². The summed E-state index contributed by atoms with van der Waals surface area (Å²) in [5.41, 5.74) is 6.42. The third-order valence-corrected chi connectivity index (χ3v) is 2.41. The molecular weight excluding hydrogens is 234 g/mol. The van der Waals surface area contributed by atoms with Gasteiger partial charge in [-0.1, -0.05) is 0 Å². The summed E-state index contributed by atoms with van der Waals surface area (Å²) in [4.78, 5) is 16.0. The number of nitrogen functional groups attached to an aromatic ring is 1. The highest BCUT2D eigenvalue weighted by molar-refractivity contribution is 6.06. The maximum atomic E-state index is 12.1. The van der Waals surface area contributed by atoms with Crippen molar-refractivity contribution in [1.29, 1.82) is 0 Å². The van der Waals surface area contributed by atoms with Crippen LogP contribution >= 0.6 is 0 Å². The summed E-state index contributed by atoms with van der Waals surface area (Å²) < 4.78 is 6.50. The zero-order valence-electron chi connectivity index (χ0n) is 10.0. The number of hydrogen-bond acceptors (Lipinski definition) is 5. The van der Waals surface area contributed by atoms with Crippen LogP contribution in [0.4, 0.5) is 11.5 Å². The van der Waals surface area contributed by atoms with Gasteiger partial charge in [0.05, 0.1) is 19.0 Å². The van der Waals surface area contributed by atoms with Crippen LogP contribution in [0.25, 0.3) is 0 Å². The molecule has 0 aromatic carbocycles. The topological polar surface area (TPSA) is 95.1 Å². The Morgan fingerprint density at radius 2 is 2.33 bits per heavy atom. The monoisotopic (exact) mass is 247 g/mol. The first-order valence-electron chi connectivity index (χ1n) is 5.21. The Labute approximate surface area is 104 Å². The van der Waals surface area contributed by atoms with E-state index in [1.807, 2.05) is 0 Å². The van der Waals surface area contributed by atoms with Crippen LogP contribution in [-0.2, 0) is 7.05 Å². The Kier molecular flexibility index (Phi) is 3.13. The van der Waals surface area contributed by atoms with Crippen LogP contribution in [0, 0.1) is 0 Å². The number of rotatable bonds is 3. The van der Waals surface area contributed by atoms with Gasteiger partial charge in [-0.25, -0.2) is 4.98 Å². The Morgan fingerprint density at radius 1 is 1.56 bits per heavy atom. The standard InChI is InChI=1S/C11H13N5O2/c1-16-9(8(12)6-14-16)15-10(17)7-4-3-5-13-11(7)18-2/h3-6H,12H2,1-2H3,(H,15,17). The minimum atomic E-state index is -0.352. The molecule has 2 aromatic rings. The van der Waals surface area contributed by atoms with Crippen LogP contribution < -0.4 is 15.8 Å². The molecule has 2 aromatic heterocycles. The number of nitrogens with zero attached hydrogens (tertiary/aromatic N) is 3. The Morgan fingerprint density at radius 3 is 2.94 bits per heavy atom. The lowest BCUT2D eigenvalue weighted by Crippen LogP contribution is -2.16. The number of hydrogen-bond donors (Lipinski definition) is 2. The van der Waals surface area contributed by atoms with Gasteiger partial charge in [0.25, 0.3) is 5.91 Å². The second-order valence-corrected chi connectivity index (χ2v) is 3.59. The molecule has 94 valence electrons. The second kappa shape index (κ2) is 4.74.